The lowest BCUT2D eigenvalue weighted by Gasteiger charge is -2.22. The van der Waals surface area contributed by atoms with Gasteiger partial charge in [0.2, 0.25) is 0 Å². The molecule has 0 unspecified atom stereocenters. The zero-order chi connectivity index (χ0) is 39.2. The fourth-order valence-corrected chi connectivity index (χ4v) is 9.77. The highest BCUT2D eigenvalue weighted by Crippen LogP contribution is 2.53. The summed E-state index contributed by atoms with van der Waals surface area (Å²) in [5.74, 6) is 1.93. The predicted molar refractivity (Wildman–Crippen MR) is 247 cm³/mol. The van der Waals surface area contributed by atoms with Gasteiger partial charge in [0.15, 0.2) is 17.5 Å². The standard InChI is InChI=1S/C56H37N3/c1-56(2)49-20-10-9-18-46(49)52-47(19-11-21-50(52)56)51-45-17-8-5-14-36(45)26-31-48(51)55-58-53(39-27-29-43-37(32-39)24-22-34-12-3-6-15-41(34)43)57-54(59-55)40-28-30-44-38(33-40)25-23-35-13-4-7-16-42(35)44/h3-33H,1-2H3. The molecule has 1 aliphatic rings. The molecule has 0 radical (unpaired) electrons. The molecule has 59 heavy (non-hydrogen) atoms. The van der Waals surface area contributed by atoms with Crippen molar-refractivity contribution in [1.29, 1.82) is 0 Å². The average Bonchev–Trinajstić information content (AvgIpc) is 3.53. The predicted octanol–water partition coefficient (Wildman–Crippen LogP) is 14.6. The van der Waals surface area contributed by atoms with Crippen LogP contribution in [-0.4, -0.2) is 15.0 Å². The van der Waals surface area contributed by atoms with E-state index in [2.05, 4.69) is 202 Å². The fourth-order valence-electron chi connectivity index (χ4n) is 9.77. The highest BCUT2D eigenvalue weighted by Gasteiger charge is 2.37. The first-order chi connectivity index (χ1) is 29.0. The Morgan fingerprint density at radius 3 is 1.41 bits per heavy atom. The van der Waals surface area contributed by atoms with Crippen molar-refractivity contribution in [2.45, 2.75) is 19.3 Å². The van der Waals surface area contributed by atoms with Crippen molar-refractivity contribution in [1.82, 2.24) is 15.0 Å². The zero-order valence-electron chi connectivity index (χ0n) is 32.7. The summed E-state index contributed by atoms with van der Waals surface area (Å²) >= 11 is 0. The van der Waals surface area contributed by atoms with Crippen molar-refractivity contribution in [2.24, 2.45) is 0 Å². The molecule has 10 aromatic carbocycles. The van der Waals surface area contributed by atoms with Gasteiger partial charge in [-0.05, 0) is 99.9 Å². The van der Waals surface area contributed by atoms with E-state index in [0.717, 1.165) is 33.0 Å². The van der Waals surface area contributed by atoms with Gasteiger partial charge in [-0.2, -0.15) is 0 Å². The van der Waals surface area contributed by atoms with E-state index in [9.17, 15) is 0 Å². The lowest BCUT2D eigenvalue weighted by Crippen LogP contribution is -2.14. The summed E-state index contributed by atoms with van der Waals surface area (Å²) in [5, 5.41) is 12.0. The van der Waals surface area contributed by atoms with Crippen LogP contribution in [0.2, 0.25) is 0 Å². The SMILES string of the molecule is CC1(C)c2ccccc2-c2c(-c3c(-c4nc(-c5ccc6c(ccc7ccccc76)c5)nc(-c5ccc6c(ccc7ccccc76)c5)n4)ccc4ccccc34)cccc21. The van der Waals surface area contributed by atoms with Crippen LogP contribution in [-0.2, 0) is 5.41 Å². The van der Waals surface area contributed by atoms with Crippen LogP contribution in [0.4, 0.5) is 0 Å². The maximum Gasteiger partial charge on any atom is 0.164 e. The van der Waals surface area contributed by atoms with E-state index in [0.29, 0.717) is 17.5 Å². The van der Waals surface area contributed by atoms with Crippen molar-refractivity contribution in [2.75, 3.05) is 0 Å². The molecule has 12 rings (SSSR count). The molecule has 0 atom stereocenters. The third-order valence-electron chi connectivity index (χ3n) is 12.7. The van der Waals surface area contributed by atoms with Gasteiger partial charge in [0, 0.05) is 27.7 Å². The molecule has 0 spiro atoms. The number of rotatable bonds is 4. The molecule has 11 aromatic rings. The summed E-state index contributed by atoms with van der Waals surface area (Å²) in [5.41, 5.74) is 10.3. The summed E-state index contributed by atoms with van der Waals surface area (Å²) < 4.78 is 0. The molecule has 3 heteroatoms. The van der Waals surface area contributed by atoms with Gasteiger partial charge >= 0.3 is 0 Å². The first-order valence-electron chi connectivity index (χ1n) is 20.4. The van der Waals surface area contributed by atoms with Crippen LogP contribution in [0.5, 0.6) is 0 Å². The minimum Gasteiger partial charge on any atom is -0.208 e. The van der Waals surface area contributed by atoms with Crippen molar-refractivity contribution < 1.29 is 0 Å². The van der Waals surface area contributed by atoms with Crippen LogP contribution in [0.3, 0.4) is 0 Å². The van der Waals surface area contributed by atoms with Crippen molar-refractivity contribution in [3.05, 3.63) is 199 Å². The van der Waals surface area contributed by atoms with E-state index in [-0.39, 0.29) is 5.41 Å². The molecule has 3 nitrogen and oxygen atoms in total. The molecule has 0 saturated heterocycles. The van der Waals surface area contributed by atoms with Crippen molar-refractivity contribution >= 4 is 53.9 Å². The number of nitrogens with zero attached hydrogens (tertiary/aromatic N) is 3. The maximum absolute atomic E-state index is 5.41. The lowest BCUT2D eigenvalue weighted by atomic mass is 9.81. The fraction of sp³-hybridized carbons (Fsp3) is 0.0536. The highest BCUT2D eigenvalue weighted by molar-refractivity contribution is 6.11. The summed E-state index contributed by atoms with van der Waals surface area (Å²) in [6.07, 6.45) is 0. The van der Waals surface area contributed by atoms with Crippen LogP contribution >= 0.6 is 0 Å². The van der Waals surface area contributed by atoms with Crippen LogP contribution in [0.25, 0.3) is 110 Å². The topological polar surface area (TPSA) is 38.7 Å². The van der Waals surface area contributed by atoms with E-state index < -0.39 is 0 Å². The number of fused-ring (bicyclic) bond motifs is 10. The molecular formula is C56H37N3. The van der Waals surface area contributed by atoms with Crippen LogP contribution in [0.15, 0.2) is 188 Å². The highest BCUT2D eigenvalue weighted by atomic mass is 15.0. The first-order valence-corrected chi connectivity index (χ1v) is 20.4. The number of aromatic nitrogens is 3. The number of hydrogen-bond donors (Lipinski definition) is 0. The molecule has 0 N–H and O–H groups in total. The van der Waals surface area contributed by atoms with E-state index in [4.69, 9.17) is 15.0 Å². The maximum atomic E-state index is 5.41. The van der Waals surface area contributed by atoms with Gasteiger partial charge in [-0.25, -0.2) is 15.0 Å². The van der Waals surface area contributed by atoms with Gasteiger partial charge in [-0.1, -0.05) is 184 Å². The largest absolute Gasteiger partial charge is 0.208 e. The zero-order valence-corrected chi connectivity index (χ0v) is 32.7. The monoisotopic (exact) mass is 751 g/mol. The molecule has 0 amide bonds. The van der Waals surface area contributed by atoms with E-state index in [1.165, 1.54) is 70.9 Å². The molecule has 1 aliphatic carbocycles. The molecule has 0 fully saturated rings. The van der Waals surface area contributed by atoms with Crippen LogP contribution in [0, 0.1) is 0 Å². The Morgan fingerprint density at radius 1 is 0.305 bits per heavy atom. The molecule has 0 bridgehead atoms. The molecule has 0 aliphatic heterocycles. The molecule has 276 valence electrons. The van der Waals surface area contributed by atoms with Gasteiger partial charge in [-0.3, -0.25) is 0 Å². The lowest BCUT2D eigenvalue weighted by molar-refractivity contribution is 0.660. The molecular weight excluding hydrogens is 715 g/mol. The Kier molecular flexibility index (Phi) is 7.27. The van der Waals surface area contributed by atoms with E-state index in [1.807, 2.05) is 0 Å². The summed E-state index contributed by atoms with van der Waals surface area (Å²) in [7, 11) is 0. The second-order valence-corrected chi connectivity index (χ2v) is 16.4. The van der Waals surface area contributed by atoms with Gasteiger partial charge in [0.1, 0.15) is 0 Å². The van der Waals surface area contributed by atoms with Gasteiger partial charge < -0.3 is 0 Å². The van der Waals surface area contributed by atoms with Gasteiger partial charge in [0.05, 0.1) is 0 Å². The normalized spacial score (nSPS) is 13.1. The summed E-state index contributed by atoms with van der Waals surface area (Å²) in [6.45, 7) is 4.68. The molecule has 1 aromatic heterocycles. The molecule has 1 heterocycles. The van der Waals surface area contributed by atoms with Crippen LogP contribution < -0.4 is 0 Å². The summed E-state index contributed by atoms with van der Waals surface area (Å²) in [6, 6.07) is 67.9. The van der Waals surface area contributed by atoms with Crippen molar-refractivity contribution in [3.8, 4) is 56.4 Å². The minimum atomic E-state index is -0.136. The second kappa shape index (κ2) is 12.8. The van der Waals surface area contributed by atoms with Crippen LogP contribution in [0.1, 0.15) is 25.0 Å². The Balaban J connectivity index is 1.13. The average molecular weight is 752 g/mol. The smallest absolute Gasteiger partial charge is 0.164 e. The van der Waals surface area contributed by atoms with Gasteiger partial charge in [-0.15, -0.1) is 0 Å². The number of hydrogen-bond acceptors (Lipinski definition) is 3. The third-order valence-corrected chi connectivity index (χ3v) is 12.7. The third kappa shape index (κ3) is 5.18. The first kappa shape index (κ1) is 33.6. The van der Waals surface area contributed by atoms with E-state index in [1.54, 1.807) is 0 Å². The Labute approximate surface area is 342 Å². The quantitative estimate of drug-likeness (QED) is 0.168. The number of benzene rings is 10. The Hall–Kier alpha value is -7.49. The Morgan fingerprint density at radius 2 is 0.763 bits per heavy atom. The van der Waals surface area contributed by atoms with Gasteiger partial charge in [0.25, 0.3) is 0 Å². The minimum absolute atomic E-state index is 0.136. The molecule has 0 saturated carbocycles. The second-order valence-electron chi connectivity index (χ2n) is 16.4. The summed E-state index contributed by atoms with van der Waals surface area (Å²) in [4.78, 5) is 16.1. The Bertz CT molecular complexity index is 3410. The van der Waals surface area contributed by atoms with E-state index >= 15 is 0 Å². The van der Waals surface area contributed by atoms with Crippen molar-refractivity contribution in [3.63, 3.8) is 0 Å².